The topological polar surface area (TPSA) is 83.4 Å². The molecule has 0 bridgehead atoms. The number of aryl methyl sites for hydroxylation is 1. The molecule has 0 aliphatic heterocycles. The first-order chi connectivity index (χ1) is 13.4. The third-order valence-electron chi connectivity index (χ3n) is 4.28. The maximum atomic E-state index is 13.0. The standard InChI is InChI=1S/C17H14F3N7O/c1-2-26-14(21-9-24-26)8-25-10-22-15-13(16(25)28)7-23-27(15)12-5-3-4-11(6-12)17(18,19)20/h3-7,9-10H,2,8H2,1H3. The molecule has 1 aromatic carbocycles. The van der Waals surface area contributed by atoms with E-state index in [1.165, 1.54) is 40.2 Å². The van der Waals surface area contributed by atoms with Crippen molar-refractivity contribution in [3.05, 3.63) is 64.9 Å². The molecule has 3 aromatic heterocycles. The molecule has 8 nitrogen and oxygen atoms in total. The molecule has 0 aliphatic rings. The van der Waals surface area contributed by atoms with Crippen LogP contribution in [0.25, 0.3) is 16.7 Å². The molecule has 3 heterocycles. The van der Waals surface area contributed by atoms with Crippen molar-refractivity contribution in [3.8, 4) is 5.69 Å². The molecular weight excluding hydrogens is 375 g/mol. The minimum absolute atomic E-state index is 0.167. The van der Waals surface area contributed by atoms with Gasteiger partial charge in [0.15, 0.2) is 5.65 Å². The van der Waals surface area contributed by atoms with Crippen LogP contribution in [0.5, 0.6) is 0 Å². The van der Waals surface area contributed by atoms with Crippen molar-refractivity contribution in [2.75, 3.05) is 0 Å². The first kappa shape index (κ1) is 17.9. The average molecular weight is 389 g/mol. The SMILES string of the molecule is CCn1ncnc1Cn1cnc2c(cnn2-c2cccc(C(F)(F)F)c2)c1=O. The van der Waals surface area contributed by atoms with E-state index >= 15 is 0 Å². The number of fused-ring (bicyclic) bond motifs is 1. The van der Waals surface area contributed by atoms with Gasteiger partial charge in [-0.3, -0.25) is 9.36 Å². The third kappa shape index (κ3) is 3.04. The summed E-state index contributed by atoms with van der Waals surface area (Å²) in [6, 6.07) is 4.69. The first-order valence-corrected chi connectivity index (χ1v) is 8.36. The Morgan fingerprint density at radius 1 is 1.14 bits per heavy atom. The Labute approximate surface area is 155 Å². The molecule has 11 heteroatoms. The van der Waals surface area contributed by atoms with Gasteiger partial charge in [-0.1, -0.05) is 6.07 Å². The van der Waals surface area contributed by atoms with Crippen LogP contribution < -0.4 is 5.56 Å². The van der Waals surface area contributed by atoms with Crippen LogP contribution >= 0.6 is 0 Å². The molecule has 0 spiro atoms. The highest BCUT2D eigenvalue weighted by Gasteiger charge is 2.30. The molecule has 144 valence electrons. The van der Waals surface area contributed by atoms with Gasteiger partial charge in [0.1, 0.15) is 23.9 Å². The fourth-order valence-electron chi connectivity index (χ4n) is 2.89. The molecule has 0 N–H and O–H groups in total. The number of hydrogen-bond donors (Lipinski definition) is 0. The summed E-state index contributed by atoms with van der Waals surface area (Å²) in [5.41, 5.74) is -0.826. The zero-order valence-corrected chi connectivity index (χ0v) is 14.6. The number of aromatic nitrogens is 7. The highest BCUT2D eigenvalue weighted by molar-refractivity contribution is 5.75. The Hall–Kier alpha value is -3.50. The monoisotopic (exact) mass is 389 g/mol. The molecule has 0 aliphatic carbocycles. The number of rotatable bonds is 4. The minimum atomic E-state index is -4.48. The van der Waals surface area contributed by atoms with Crippen molar-refractivity contribution in [3.63, 3.8) is 0 Å². The van der Waals surface area contributed by atoms with Crippen LogP contribution in [0.3, 0.4) is 0 Å². The van der Waals surface area contributed by atoms with E-state index in [0.717, 1.165) is 12.1 Å². The van der Waals surface area contributed by atoms with Gasteiger partial charge in [-0.05, 0) is 25.1 Å². The van der Waals surface area contributed by atoms with Gasteiger partial charge in [0.2, 0.25) is 0 Å². The first-order valence-electron chi connectivity index (χ1n) is 8.36. The average Bonchev–Trinajstić information content (AvgIpc) is 3.30. The molecule has 0 radical (unpaired) electrons. The van der Waals surface area contributed by atoms with Gasteiger partial charge in [0.05, 0.1) is 24.0 Å². The molecule has 0 atom stereocenters. The van der Waals surface area contributed by atoms with E-state index in [9.17, 15) is 18.0 Å². The largest absolute Gasteiger partial charge is 0.416 e. The summed E-state index contributed by atoms with van der Waals surface area (Å²) in [4.78, 5) is 21.1. The lowest BCUT2D eigenvalue weighted by Crippen LogP contribution is -2.23. The molecule has 0 saturated carbocycles. The van der Waals surface area contributed by atoms with Crippen LogP contribution in [-0.2, 0) is 19.3 Å². The van der Waals surface area contributed by atoms with E-state index in [1.807, 2.05) is 6.92 Å². The minimum Gasteiger partial charge on any atom is -0.291 e. The predicted molar refractivity (Wildman–Crippen MR) is 92.9 cm³/mol. The quantitative estimate of drug-likeness (QED) is 0.535. The van der Waals surface area contributed by atoms with Crippen LogP contribution in [0.2, 0.25) is 0 Å². The van der Waals surface area contributed by atoms with Crippen LogP contribution in [0.15, 0.2) is 47.9 Å². The van der Waals surface area contributed by atoms with Gasteiger partial charge in [0.25, 0.3) is 5.56 Å². The maximum absolute atomic E-state index is 13.0. The lowest BCUT2D eigenvalue weighted by molar-refractivity contribution is -0.137. The fourth-order valence-corrected chi connectivity index (χ4v) is 2.89. The zero-order valence-electron chi connectivity index (χ0n) is 14.6. The summed E-state index contributed by atoms with van der Waals surface area (Å²) in [6.45, 7) is 2.68. The van der Waals surface area contributed by atoms with Gasteiger partial charge in [-0.25, -0.2) is 19.3 Å². The normalized spacial score (nSPS) is 12.0. The number of nitrogens with zero attached hydrogens (tertiary/aromatic N) is 7. The number of hydrogen-bond acceptors (Lipinski definition) is 5. The Bertz CT molecular complexity index is 1210. The van der Waals surface area contributed by atoms with E-state index in [0.29, 0.717) is 12.4 Å². The van der Waals surface area contributed by atoms with Crippen LogP contribution in [0.1, 0.15) is 18.3 Å². The number of alkyl halides is 3. The van der Waals surface area contributed by atoms with Gasteiger partial charge in [-0.15, -0.1) is 0 Å². The van der Waals surface area contributed by atoms with E-state index in [2.05, 4.69) is 20.2 Å². The lowest BCUT2D eigenvalue weighted by atomic mass is 10.2. The predicted octanol–water partition coefficient (Wildman–Crippen LogP) is 2.26. The number of benzene rings is 1. The summed E-state index contributed by atoms with van der Waals surface area (Å²) in [5, 5.41) is 8.31. The van der Waals surface area contributed by atoms with Crippen molar-refractivity contribution in [1.82, 2.24) is 34.1 Å². The molecule has 4 rings (SSSR count). The summed E-state index contributed by atoms with van der Waals surface area (Å²) in [6.07, 6.45) is -0.451. The molecular formula is C17H14F3N7O. The van der Waals surface area contributed by atoms with Crippen LogP contribution in [0, 0.1) is 0 Å². The third-order valence-corrected chi connectivity index (χ3v) is 4.28. The van der Waals surface area contributed by atoms with E-state index in [-0.39, 0.29) is 28.8 Å². The van der Waals surface area contributed by atoms with E-state index in [4.69, 9.17) is 0 Å². The second-order valence-corrected chi connectivity index (χ2v) is 6.01. The van der Waals surface area contributed by atoms with Crippen LogP contribution in [0.4, 0.5) is 13.2 Å². The van der Waals surface area contributed by atoms with Gasteiger partial charge >= 0.3 is 6.18 Å². The smallest absolute Gasteiger partial charge is 0.291 e. The highest BCUT2D eigenvalue weighted by atomic mass is 19.4. The Morgan fingerprint density at radius 3 is 2.71 bits per heavy atom. The van der Waals surface area contributed by atoms with E-state index < -0.39 is 11.7 Å². The Balaban J connectivity index is 1.76. The second-order valence-electron chi connectivity index (χ2n) is 6.01. The molecule has 4 aromatic rings. The van der Waals surface area contributed by atoms with Gasteiger partial charge in [0, 0.05) is 6.54 Å². The van der Waals surface area contributed by atoms with Crippen molar-refractivity contribution in [1.29, 1.82) is 0 Å². The second kappa shape index (κ2) is 6.59. The van der Waals surface area contributed by atoms with E-state index in [1.54, 1.807) is 4.68 Å². The molecule has 0 unspecified atom stereocenters. The molecule has 0 fully saturated rings. The summed E-state index contributed by atoms with van der Waals surface area (Å²) in [7, 11) is 0. The van der Waals surface area contributed by atoms with Crippen molar-refractivity contribution >= 4 is 11.0 Å². The van der Waals surface area contributed by atoms with Crippen molar-refractivity contribution in [2.45, 2.75) is 26.2 Å². The van der Waals surface area contributed by atoms with Gasteiger partial charge in [-0.2, -0.15) is 23.4 Å². The summed E-state index contributed by atoms with van der Waals surface area (Å²) in [5.74, 6) is 0.594. The zero-order chi connectivity index (χ0) is 19.9. The fraction of sp³-hybridized carbons (Fsp3) is 0.235. The Morgan fingerprint density at radius 2 is 1.96 bits per heavy atom. The lowest BCUT2D eigenvalue weighted by Gasteiger charge is -2.09. The summed E-state index contributed by atoms with van der Waals surface area (Å²) < 4.78 is 43.1. The Kier molecular flexibility index (Phi) is 4.21. The molecule has 28 heavy (non-hydrogen) atoms. The van der Waals surface area contributed by atoms with Crippen molar-refractivity contribution < 1.29 is 13.2 Å². The van der Waals surface area contributed by atoms with Gasteiger partial charge < -0.3 is 0 Å². The van der Waals surface area contributed by atoms with Crippen molar-refractivity contribution in [2.24, 2.45) is 0 Å². The molecule has 0 amide bonds. The molecule has 0 saturated heterocycles. The summed E-state index contributed by atoms with van der Waals surface area (Å²) >= 11 is 0. The van der Waals surface area contributed by atoms with Crippen LogP contribution in [-0.4, -0.2) is 34.1 Å². The highest BCUT2D eigenvalue weighted by Crippen LogP contribution is 2.30. The number of halogens is 3. The maximum Gasteiger partial charge on any atom is 0.416 e.